The molecule has 0 bridgehead atoms. The summed E-state index contributed by atoms with van der Waals surface area (Å²) in [6.45, 7) is 1.71. The summed E-state index contributed by atoms with van der Waals surface area (Å²) in [7, 11) is 2.02. The Morgan fingerprint density at radius 3 is 3.00 bits per heavy atom. The van der Waals surface area contributed by atoms with Gasteiger partial charge in [-0.2, -0.15) is 0 Å². The second-order valence-corrected chi connectivity index (χ2v) is 5.42. The van der Waals surface area contributed by atoms with Crippen LogP contribution in [0.4, 0.5) is 5.69 Å². The first-order chi connectivity index (χ1) is 8.58. The van der Waals surface area contributed by atoms with Crippen LogP contribution in [0.25, 0.3) is 0 Å². The van der Waals surface area contributed by atoms with Crippen molar-refractivity contribution in [2.45, 2.75) is 18.9 Å². The number of hydrogen-bond donors (Lipinski definition) is 1. The molecule has 0 amide bonds. The second-order valence-electron chi connectivity index (χ2n) is 4.54. The van der Waals surface area contributed by atoms with Crippen LogP contribution in [0.5, 0.6) is 0 Å². The van der Waals surface area contributed by atoms with Crippen molar-refractivity contribution < 1.29 is 4.74 Å². The van der Waals surface area contributed by atoms with Crippen LogP contribution in [0.2, 0.25) is 5.02 Å². The Morgan fingerprint density at radius 1 is 1.61 bits per heavy atom. The summed E-state index contributed by atoms with van der Waals surface area (Å²) in [6.07, 6.45) is 2.55. The number of likely N-dealkylation sites (N-methyl/N-ethyl adjacent to an activating group) is 1. The standard InChI is InChI=1S/C13H17ClN2OS/c1-16(8-10-3-2-6-17-10)12-5-4-9(14)7-11(12)13(15)18/h4-5,7,10H,2-3,6,8H2,1H3,(H2,15,18). The molecule has 3 nitrogen and oxygen atoms in total. The van der Waals surface area contributed by atoms with Crippen LogP contribution < -0.4 is 10.6 Å². The van der Waals surface area contributed by atoms with Gasteiger partial charge in [0.05, 0.1) is 6.10 Å². The molecule has 1 heterocycles. The van der Waals surface area contributed by atoms with E-state index >= 15 is 0 Å². The number of halogens is 1. The predicted octanol–water partition coefficient (Wildman–Crippen LogP) is 2.59. The van der Waals surface area contributed by atoms with Crippen LogP contribution in [0, 0.1) is 0 Å². The van der Waals surface area contributed by atoms with E-state index in [1.807, 2.05) is 25.2 Å². The number of ether oxygens (including phenoxy) is 1. The molecular weight excluding hydrogens is 268 g/mol. The summed E-state index contributed by atoms with van der Waals surface area (Å²) >= 11 is 11.0. The van der Waals surface area contributed by atoms with Gasteiger partial charge in [-0.1, -0.05) is 23.8 Å². The van der Waals surface area contributed by atoms with Gasteiger partial charge in [-0.25, -0.2) is 0 Å². The average Bonchev–Trinajstić information content (AvgIpc) is 2.81. The van der Waals surface area contributed by atoms with Gasteiger partial charge in [0.25, 0.3) is 0 Å². The molecular formula is C13H17ClN2OS. The van der Waals surface area contributed by atoms with Crippen molar-refractivity contribution in [2.75, 3.05) is 25.1 Å². The Labute approximate surface area is 118 Å². The van der Waals surface area contributed by atoms with Crippen LogP contribution in [0.3, 0.4) is 0 Å². The lowest BCUT2D eigenvalue weighted by atomic mass is 10.1. The fourth-order valence-corrected chi connectivity index (χ4v) is 2.57. The third-order valence-electron chi connectivity index (χ3n) is 3.14. The largest absolute Gasteiger partial charge is 0.389 e. The highest BCUT2D eigenvalue weighted by atomic mass is 35.5. The Hall–Kier alpha value is -0.840. The minimum atomic E-state index is 0.296. The summed E-state index contributed by atoms with van der Waals surface area (Å²) in [6, 6.07) is 5.61. The normalized spacial score (nSPS) is 18.9. The van der Waals surface area contributed by atoms with Crippen molar-refractivity contribution in [2.24, 2.45) is 5.73 Å². The second kappa shape index (κ2) is 5.87. The molecule has 0 aromatic heterocycles. The summed E-state index contributed by atoms with van der Waals surface area (Å²) in [5, 5.41) is 0.645. The lowest BCUT2D eigenvalue weighted by Crippen LogP contribution is -2.30. The number of nitrogens with zero attached hydrogens (tertiary/aromatic N) is 1. The lowest BCUT2D eigenvalue weighted by molar-refractivity contribution is 0.116. The maximum Gasteiger partial charge on any atom is 0.106 e. The van der Waals surface area contributed by atoms with Crippen LogP contribution in [-0.2, 0) is 4.74 Å². The van der Waals surface area contributed by atoms with Gasteiger partial charge in [-0.05, 0) is 31.0 Å². The van der Waals surface area contributed by atoms with Gasteiger partial charge in [-0.15, -0.1) is 0 Å². The van der Waals surface area contributed by atoms with Gasteiger partial charge < -0.3 is 15.4 Å². The zero-order chi connectivity index (χ0) is 13.1. The van der Waals surface area contributed by atoms with Crippen molar-refractivity contribution in [1.82, 2.24) is 0 Å². The third-order valence-corrected chi connectivity index (χ3v) is 3.59. The van der Waals surface area contributed by atoms with Gasteiger partial charge in [0.2, 0.25) is 0 Å². The van der Waals surface area contributed by atoms with Gasteiger partial charge in [0, 0.05) is 36.5 Å². The molecule has 0 radical (unpaired) electrons. The average molecular weight is 285 g/mol. The monoisotopic (exact) mass is 284 g/mol. The Kier molecular flexibility index (Phi) is 4.43. The lowest BCUT2D eigenvalue weighted by Gasteiger charge is -2.25. The van der Waals surface area contributed by atoms with Crippen LogP contribution in [-0.4, -0.2) is 31.3 Å². The van der Waals surface area contributed by atoms with Crippen LogP contribution in [0.15, 0.2) is 18.2 Å². The summed E-state index contributed by atoms with van der Waals surface area (Å²) in [4.78, 5) is 2.49. The molecule has 2 rings (SSSR count). The van der Waals surface area contributed by atoms with Crippen molar-refractivity contribution in [3.05, 3.63) is 28.8 Å². The highest BCUT2D eigenvalue weighted by molar-refractivity contribution is 7.80. The minimum Gasteiger partial charge on any atom is -0.389 e. The number of anilines is 1. The van der Waals surface area contributed by atoms with E-state index in [1.165, 1.54) is 0 Å². The first-order valence-corrected chi connectivity index (χ1v) is 6.78. The minimum absolute atomic E-state index is 0.296. The molecule has 1 unspecified atom stereocenters. The predicted molar refractivity (Wildman–Crippen MR) is 79.6 cm³/mol. The van der Waals surface area contributed by atoms with Gasteiger partial charge in [-0.3, -0.25) is 0 Å². The first kappa shape index (κ1) is 13.6. The molecule has 0 aliphatic carbocycles. The quantitative estimate of drug-likeness (QED) is 0.863. The van der Waals surface area contributed by atoms with E-state index in [0.717, 1.165) is 37.2 Å². The number of hydrogen-bond acceptors (Lipinski definition) is 3. The van der Waals surface area contributed by atoms with Gasteiger partial charge in [0.1, 0.15) is 4.99 Å². The van der Waals surface area contributed by atoms with Gasteiger partial charge >= 0.3 is 0 Å². The van der Waals surface area contributed by atoms with E-state index in [-0.39, 0.29) is 0 Å². The van der Waals surface area contributed by atoms with Crippen molar-refractivity contribution >= 4 is 34.5 Å². The molecule has 98 valence electrons. The molecule has 2 N–H and O–H groups in total. The number of nitrogens with two attached hydrogens (primary N) is 1. The van der Waals surface area contributed by atoms with E-state index in [2.05, 4.69) is 4.90 Å². The molecule has 1 atom stereocenters. The topological polar surface area (TPSA) is 38.5 Å². The molecule has 1 aliphatic rings. The molecule has 18 heavy (non-hydrogen) atoms. The Morgan fingerprint density at radius 2 is 2.39 bits per heavy atom. The fourth-order valence-electron chi connectivity index (χ4n) is 2.23. The summed E-state index contributed by atoms with van der Waals surface area (Å²) in [5.41, 5.74) is 7.56. The molecule has 0 spiro atoms. The maximum absolute atomic E-state index is 5.98. The highest BCUT2D eigenvalue weighted by Gasteiger charge is 2.19. The van der Waals surface area contributed by atoms with Crippen LogP contribution >= 0.6 is 23.8 Å². The van der Waals surface area contributed by atoms with Crippen molar-refractivity contribution in [3.8, 4) is 0 Å². The maximum atomic E-state index is 5.98. The van der Waals surface area contributed by atoms with Crippen LogP contribution in [0.1, 0.15) is 18.4 Å². The molecule has 1 fully saturated rings. The highest BCUT2D eigenvalue weighted by Crippen LogP contribution is 2.25. The van der Waals surface area contributed by atoms with E-state index < -0.39 is 0 Å². The number of rotatable bonds is 4. The van der Waals surface area contributed by atoms with Crippen molar-refractivity contribution in [1.29, 1.82) is 0 Å². The number of thiocarbonyl (C=S) groups is 1. The molecule has 1 aromatic carbocycles. The van der Waals surface area contributed by atoms with E-state index in [1.54, 1.807) is 0 Å². The number of benzene rings is 1. The SMILES string of the molecule is CN(CC1CCCO1)c1ccc(Cl)cc1C(N)=S. The Bertz CT molecular complexity index is 447. The van der Waals surface area contributed by atoms with E-state index in [4.69, 9.17) is 34.3 Å². The van der Waals surface area contributed by atoms with Gasteiger partial charge in [0.15, 0.2) is 0 Å². The molecule has 1 saturated heterocycles. The zero-order valence-corrected chi connectivity index (χ0v) is 11.9. The molecule has 1 aromatic rings. The van der Waals surface area contributed by atoms with E-state index in [0.29, 0.717) is 16.1 Å². The van der Waals surface area contributed by atoms with E-state index in [9.17, 15) is 0 Å². The molecule has 1 aliphatic heterocycles. The summed E-state index contributed by atoms with van der Waals surface area (Å²) in [5.74, 6) is 0. The van der Waals surface area contributed by atoms with Crippen molar-refractivity contribution in [3.63, 3.8) is 0 Å². The summed E-state index contributed by atoms with van der Waals surface area (Å²) < 4.78 is 5.64. The first-order valence-electron chi connectivity index (χ1n) is 6.00. The Balaban J connectivity index is 2.17. The third kappa shape index (κ3) is 3.13. The fraction of sp³-hybridized carbons (Fsp3) is 0.462. The smallest absolute Gasteiger partial charge is 0.106 e. The molecule has 5 heteroatoms. The zero-order valence-electron chi connectivity index (χ0n) is 10.4. The molecule has 0 saturated carbocycles.